The third-order valence-electron chi connectivity index (χ3n) is 9.20. The van der Waals surface area contributed by atoms with E-state index < -0.39 is 20.0 Å². The van der Waals surface area contributed by atoms with Crippen molar-refractivity contribution in [2.45, 2.75) is 40.8 Å². The molecular formula is C39H41Cl2N5O6S4. The van der Waals surface area contributed by atoms with Crippen LogP contribution in [-0.2, 0) is 33.1 Å². The number of carbonyl (C=O) groups is 2. The molecule has 0 spiro atoms. The van der Waals surface area contributed by atoms with Gasteiger partial charge in [0.05, 0.1) is 13.1 Å². The van der Waals surface area contributed by atoms with Crippen molar-refractivity contribution in [1.82, 2.24) is 19.2 Å². The topological polar surface area (TPSA) is 136 Å². The van der Waals surface area contributed by atoms with Gasteiger partial charge in [-0.05, 0) is 97.8 Å². The van der Waals surface area contributed by atoms with E-state index in [0.717, 1.165) is 34.7 Å². The van der Waals surface area contributed by atoms with Crippen molar-refractivity contribution < 1.29 is 26.4 Å². The minimum absolute atomic E-state index is 0.217. The van der Waals surface area contributed by atoms with Crippen LogP contribution in [0.1, 0.15) is 49.7 Å². The molecular weight excluding hydrogens is 834 g/mol. The molecule has 56 heavy (non-hydrogen) atoms. The van der Waals surface area contributed by atoms with Crippen molar-refractivity contribution >= 4 is 83.4 Å². The lowest BCUT2D eigenvalue weighted by molar-refractivity contribution is 0.0943. The summed E-state index contributed by atoms with van der Waals surface area (Å²) in [5.41, 5.74) is 2.13. The molecule has 0 radical (unpaired) electrons. The monoisotopic (exact) mass is 873 g/mol. The molecule has 0 unspecified atom stereocenters. The predicted molar refractivity (Wildman–Crippen MR) is 224 cm³/mol. The first-order valence-corrected chi connectivity index (χ1v) is 23.2. The molecule has 2 aliphatic heterocycles. The molecule has 0 bridgehead atoms. The Labute approximate surface area is 346 Å². The van der Waals surface area contributed by atoms with E-state index in [2.05, 4.69) is 15.5 Å². The van der Waals surface area contributed by atoms with Gasteiger partial charge in [0.15, 0.2) is 0 Å². The number of amides is 2. The van der Waals surface area contributed by atoms with Crippen LogP contribution in [0.25, 0.3) is 0 Å². The normalized spacial score (nSPS) is 15.4. The fraction of sp³-hybridized carbons (Fsp3) is 0.282. The summed E-state index contributed by atoms with van der Waals surface area (Å²) in [5.74, 6) is -0.447. The minimum Gasteiger partial charge on any atom is -0.369 e. The van der Waals surface area contributed by atoms with Gasteiger partial charge in [0.25, 0.3) is 31.9 Å². The van der Waals surface area contributed by atoms with Gasteiger partial charge in [0, 0.05) is 75.9 Å². The molecule has 2 aliphatic rings. The van der Waals surface area contributed by atoms with Crippen LogP contribution in [0.2, 0.25) is 10.0 Å². The Hall–Kier alpha value is -3.80. The van der Waals surface area contributed by atoms with Crippen LogP contribution < -0.4 is 15.5 Å². The zero-order valence-electron chi connectivity index (χ0n) is 30.3. The molecule has 7 rings (SSSR count). The maximum atomic E-state index is 13.1. The second kappa shape index (κ2) is 19.1. The number of carbonyl (C=O) groups excluding carboxylic acids is 2. The quantitative estimate of drug-likeness (QED) is 0.142. The number of nitrogens with one attached hydrogen (secondary N) is 2. The lowest BCUT2D eigenvalue weighted by Crippen LogP contribution is -2.48. The Balaban J connectivity index is 0.000000194. The Bertz CT molecular complexity index is 2310. The van der Waals surface area contributed by atoms with E-state index in [4.69, 9.17) is 23.2 Å². The summed E-state index contributed by atoms with van der Waals surface area (Å²) >= 11 is 14.1. The highest BCUT2D eigenvalue weighted by atomic mass is 35.5. The van der Waals surface area contributed by atoms with E-state index in [1.165, 1.54) is 27.0 Å². The van der Waals surface area contributed by atoms with Gasteiger partial charge in [-0.3, -0.25) is 9.59 Å². The molecule has 17 heteroatoms. The summed E-state index contributed by atoms with van der Waals surface area (Å²) < 4.78 is 55.1. The summed E-state index contributed by atoms with van der Waals surface area (Å²) in [6.07, 6.45) is 2.90. The zero-order valence-corrected chi connectivity index (χ0v) is 35.1. The Morgan fingerprint density at radius 3 is 1.41 bits per heavy atom. The first-order chi connectivity index (χ1) is 26.9. The maximum absolute atomic E-state index is 13.1. The average molecular weight is 875 g/mol. The molecule has 2 aromatic heterocycles. The molecule has 2 fully saturated rings. The second-order valence-corrected chi connectivity index (χ2v) is 20.6. The van der Waals surface area contributed by atoms with Gasteiger partial charge in [0.1, 0.15) is 8.42 Å². The van der Waals surface area contributed by atoms with Gasteiger partial charge in [-0.15, -0.1) is 22.7 Å². The molecule has 296 valence electrons. The largest absolute Gasteiger partial charge is 0.369 e. The van der Waals surface area contributed by atoms with Crippen molar-refractivity contribution in [3.05, 3.63) is 134 Å². The number of para-hydroxylation sites is 1. The highest BCUT2D eigenvalue weighted by Crippen LogP contribution is 2.28. The van der Waals surface area contributed by atoms with Crippen molar-refractivity contribution in [3.63, 3.8) is 0 Å². The molecule has 2 amide bonds. The zero-order chi connectivity index (χ0) is 39.7. The average Bonchev–Trinajstić information content (AvgIpc) is 3.92. The molecule has 2 saturated heterocycles. The predicted octanol–water partition coefficient (Wildman–Crippen LogP) is 7.35. The molecule has 0 saturated carbocycles. The molecule has 4 heterocycles. The maximum Gasteiger partial charge on any atom is 0.252 e. The van der Waals surface area contributed by atoms with E-state index in [9.17, 15) is 26.4 Å². The molecule has 0 atom stereocenters. The number of rotatable bonds is 11. The van der Waals surface area contributed by atoms with Crippen molar-refractivity contribution in [2.24, 2.45) is 0 Å². The van der Waals surface area contributed by atoms with Crippen LogP contribution >= 0.6 is 45.9 Å². The highest BCUT2D eigenvalue weighted by Gasteiger charge is 2.30. The second-order valence-electron chi connectivity index (χ2n) is 13.0. The van der Waals surface area contributed by atoms with Crippen LogP contribution in [0.4, 0.5) is 5.69 Å². The lowest BCUT2D eigenvalue weighted by atomic mass is 10.2. The summed E-state index contributed by atoms with van der Waals surface area (Å²) in [4.78, 5) is 28.1. The van der Waals surface area contributed by atoms with E-state index in [1.54, 1.807) is 77.1 Å². The van der Waals surface area contributed by atoms with Crippen LogP contribution in [0, 0.1) is 0 Å². The number of piperidine rings is 1. The molecule has 2 N–H and O–H groups in total. The van der Waals surface area contributed by atoms with Gasteiger partial charge in [-0.1, -0.05) is 47.8 Å². The van der Waals surface area contributed by atoms with Gasteiger partial charge in [-0.25, -0.2) is 16.8 Å². The first-order valence-electron chi connectivity index (χ1n) is 18.0. The fourth-order valence-corrected chi connectivity index (χ4v) is 12.2. The van der Waals surface area contributed by atoms with E-state index >= 15 is 0 Å². The number of nitrogens with zero attached hydrogens (tertiary/aromatic N) is 3. The van der Waals surface area contributed by atoms with E-state index in [-0.39, 0.29) is 18.4 Å². The van der Waals surface area contributed by atoms with Crippen LogP contribution in [-0.4, -0.2) is 76.5 Å². The third kappa shape index (κ3) is 10.8. The van der Waals surface area contributed by atoms with E-state index in [0.29, 0.717) is 75.4 Å². The molecule has 5 aromatic rings. The number of halogens is 2. The smallest absolute Gasteiger partial charge is 0.252 e. The van der Waals surface area contributed by atoms with Crippen molar-refractivity contribution in [2.75, 3.05) is 44.2 Å². The van der Waals surface area contributed by atoms with Gasteiger partial charge < -0.3 is 15.5 Å². The number of hydrogen-bond acceptors (Lipinski definition) is 9. The van der Waals surface area contributed by atoms with Crippen LogP contribution in [0.5, 0.6) is 0 Å². The Morgan fingerprint density at radius 1 is 0.536 bits per heavy atom. The first kappa shape index (κ1) is 41.8. The van der Waals surface area contributed by atoms with Crippen molar-refractivity contribution in [1.29, 1.82) is 0 Å². The van der Waals surface area contributed by atoms with E-state index in [1.807, 2.05) is 30.3 Å². The highest BCUT2D eigenvalue weighted by molar-refractivity contribution is 7.91. The van der Waals surface area contributed by atoms with Crippen LogP contribution in [0.15, 0.2) is 112 Å². The SMILES string of the molecule is O=C(NCc1ccc(S(=O)(=O)N2CCCCC2)s1)c1ccc(Cl)cc1.O=C(NCc1ccc(S(=O)(=O)N2CCN(c3ccccc3)CC2)s1)c1ccc(Cl)cc1. The summed E-state index contributed by atoms with van der Waals surface area (Å²) in [5, 5.41) is 6.75. The summed E-state index contributed by atoms with van der Waals surface area (Å²) in [6.45, 7) is 3.92. The van der Waals surface area contributed by atoms with Crippen molar-refractivity contribution in [3.8, 4) is 0 Å². The van der Waals surface area contributed by atoms with Gasteiger partial charge in [0.2, 0.25) is 0 Å². The Morgan fingerprint density at radius 2 is 0.964 bits per heavy atom. The molecule has 11 nitrogen and oxygen atoms in total. The minimum atomic E-state index is -3.54. The van der Waals surface area contributed by atoms with Gasteiger partial charge in [-0.2, -0.15) is 8.61 Å². The van der Waals surface area contributed by atoms with Gasteiger partial charge >= 0.3 is 0 Å². The third-order valence-corrected chi connectivity index (χ3v) is 16.6. The number of benzene rings is 3. The molecule has 3 aromatic carbocycles. The number of sulfonamides is 2. The summed E-state index contributed by atoms with van der Waals surface area (Å²) in [6, 6.07) is 30.0. The number of thiophene rings is 2. The number of hydrogen-bond donors (Lipinski definition) is 2. The fourth-order valence-electron chi connectivity index (χ4n) is 6.11. The number of piperazine rings is 1. The Kier molecular flexibility index (Phi) is 14.3. The summed E-state index contributed by atoms with van der Waals surface area (Å²) in [7, 11) is -6.96. The number of anilines is 1. The lowest BCUT2D eigenvalue weighted by Gasteiger charge is -2.35. The van der Waals surface area contributed by atoms with Crippen LogP contribution in [0.3, 0.4) is 0 Å². The molecule has 0 aliphatic carbocycles. The standard InChI is InChI=1S/C22H22ClN3O3S2.C17H19ClN2O3S2/c23-18-8-6-17(7-9-18)22(27)24-16-20-10-11-21(30-20)31(28,29)26-14-12-25(13-15-26)19-4-2-1-3-5-19;18-14-6-4-13(5-7-14)17(21)19-12-15-8-9-16(24-15)25(22,23)20-10-2-1-3-11-20/h1-11H,12-16H2,(H,24,27);4-9H,1-3,10-12H2,(H,19,21).